The Morgan fingerprint density at radius 2 is 2.04 bits per heavy atom. The Kier molecular flexibility index (Phi) is 6.11. The molecule has 0 aromatic carbocycles. The highest BCUT2D eigenvalue weighted by Crippen LogP contribution is 2.33. The van der Waals surface area contributed by atoms with Gasteiger partial charge in [0.05, 0.1) is 16.4 Å². The quantitative estimate of drug-likeness (QED) is 0.762. The maximum absolute atomic E-state index is 12.6. The van der Waals surface area contributed by atoms with E-state index < -0.39 is 0 Å². The molecule has 0 spiro atoms. The predicted molar refractivity (Wildman–Crippen MR) is 117 cm³/mol. The maximum atomic E-state index is 12.6. The number of hydrogen-bond acceptors (Lipinski definition) is 5. The van der Waals surface area contributed by atoms with Gasteiger partial charge in [0.25, 0.3) is 5.56 Å². The summed E-state index contributed by atoms with van der Waals surface area (Å²) in [6.07, 6.45) is 8.97. The Hall–Kier alpha value is -1.34. The number of carbonyl (C=O) groups is 1. The molecule has 1 saturated carbocycles. The lowest BCUT2D eigenvalue weighted by Crippen LogP contribution is -2.41. The minimum Gasteiger partial charge on any atom is -0.352 e. The van der Waals surface area contributed by atoms with Crippen molar-refractivity contribution in [3.05, 3.63) is 26.6 Å². The van der Waals surface area contributed by atoms with Crippen LogP contribution in [0.15, 0.2) is 4.79 Å². The Morgan fingerprint density at radius 3 is 2.82 bits per heavy atom. The molecule has 28 heavy (non-hydrogen) atoms. The van der Waals surface area contributed by atoms with Gasteiger partial charge >= 0.3 is 0 Å². The summed E-state index contributed by atoms with van der Waals surface area (Å²) in [7, 11) is 0. The van der Waals surface area contributed by atoms with Crippen molar-refractivity contribution in [2.45, 2.75) is 82.3 Å². The molecule has 1 fully saturated rings. The van der Waals surface area contributed by atoms with Gasteiger partial charge in [-0.25, -0.2) is 4.98 Å². The number of aromatic nitrogens is 2. The smallest absolute Gasteiger partial charge is 0.259 e. The van der Waals surface area contributed by atoms with Crippen LogP contribution < -0.4 is 10.9 Å². The van der Waals surface area contributed by atoms with Crippen molar-refractivity contribution in [2.24, 2.45) is 5.92 Å². The number of thiophene rings is 1. The average molecular weight is 420 g/mol. The van der Waals surface area contributed by atoms with E-state index in [9.17, 15) is 9.59 Å². The van der Waals surface area contributed by atoms with Crippen LogP contribution in [-0.2, 0) is 23.4 Å². The monoisotopic (exact) mass is 419 g/mol. The minimum absolute atomic E-state index is 0.0200. The molecule has 0 radical (unpaired) electrons. The van der Waals surface area contributed by atoms with Crippen LogP contribution in [0.2, 0.25) is 0 Å². The van der Waals surface area contributed by atoms with Gasteiger partial charge in [0.15, 0.2) is 0 Å². The van der Waals surface area contributed by atoms with Crippen LogP contribution in [0.5, 0.6) is 0 Å². The van der Waals surface area contributed by atoms with Gasteiger partial charge in [0.2, 0.25) is 5.91 Å². The second-order valence-corrected chi connectivity index (χ2v) is 10.7. The zero-order chi connectivity index (χ0) is 19.7. The van der Waals surface area contributed by atoms with Gasteiger partial charge in [0, 0.05) is 10.9 Å². The zero-order valence-corrected chi connectivity index (χ0v) is 18.3. The summed E-state index contributed by atoms with van der Waals surface area (Å²) in [6.45, 7) is 4.22. The van der Waals surface area contributed by atoms with E-state index in [0.717, 1.165) is 48.2 Å². The first-order valence-corrected chi connectivity index (χ1v) is 12.3. The summed E-state index contributed by atoms with van der Waals surface area (Å²) in [4.78, 5) is 35.0. The van der Waals surface area contributed by atoms with Crippen LogP contribution in [0.4, 0.5) is 0 Å². The highest BCUT2D eigenvalue weighted by Gasteiger charge is 2.23. The van der Waals surface area contributed by atoms with Gasteiger partial charge in [-0.1, -0.05) is 6.92 Å². The summed E-state index contributed by atoms with van der Waals surface area (Å²) < 4.78 is 0. The highest BCUT2D eigenvalue weighted by atomic mass is 32.2. The fourth-order valence-corrected chi connectivity index (χ4v) is 6.32. The van der Waals surface area contributed by atoms with Crippen molar-refractivity contribution >= 4 is 39.2 Å². The van der Waals surface area contributed by atoms with E-state index in [1.165, 1.54) is 41.5 Å². The number of carbonyl (C=O) groups excluding carboxylic acids is 1. The molecule has 4 rings (SSSR count). The van der Waals surface area contributed by atoms with Crippen molar-refractivity contribution in [1.29, 1.82) is 0 Å². The summed E-state index contributed by atoms with van der Waals surface area (Å²) in [5, 5.41) is 3.84. The average Bonchev–Trinajstić information content (AvgIpc) is 3.06. The number of thioether (sulfide) groups is 1. The molecule has 7 heteroatoms. The molecule has 1 amide bonds. The Labute approximate surface area is 174 Å². The molecule has 0 aliphatic heterocycles. The van der Waals surface area contributed by atoms with Crippen LogP contribution in [0.3, 0.4) is 0 Å². The van der Waals surface area contributed by atoms with Crippen molar-refractivity contribution in [3.8, 4) is 0 Å². The molecule has 2 heterocycles. The second kappa shape index (κ2) is 8.57. The molecule has 0 saturated heterocycles. The summed E-state index contributed by atoms with van der Waals surface area (Å²) in [5.41, 5.74) is 1.20. The molecule has 5 nitrogen and oxygen atoms in total. The fourth-order valence-electron chi connectivity index (χ4n) is 4.28. The SMILES string of the molecule is CC1CCC(NC(=O)C(C)SCc2nc3sc4c(c3c(=O)[nH]2)CCCC4)CC1. The Bertz CT molecular complexity index is 912. The molecule has 2 N–H and O–H groups in total. The Morgan fingerprint density at radius 1 is 1.29 bits per heavy atom. The largest absolute Gasteiger partial charge is 0.352 e. The van der Waals surface area contributed by atoms with Gasteiger partial charge in [-0.2, -0.15) is 0 Å². The number of amides is 1. The van der Waals surface area contributed by atoms with E-state index >= 15 is 0 Å². The van der Waals surface area contributed by atoms with Gasteiger partial charge < -0.3 is 10.3 Å². The summed E-state index contributed by atoms with van der Waals surface area (Å²) in [5.74, 6) is 2.09. The van der Waals surface area contributed by atoms with Crippen LogP contribution in [0.25, 0.3) is 10.2 Å². The topological polar surface area (TPSA) is 74.8 Å². The van der Waals surface area contributed by atoms with Crippen molar-refractivity contribution in [3.63, 3.8) is 0 Å². The number of fused-ring (bicyclic) bond motifs is 3. The minimum atomic E-state index is -0.156. The normalized spacial score (nSPS) is 23.4. The number of H-pyrrole nitrogens is 1. The molecule has 2 aromatic heterocycles. The third-order valence-corrected chi connectivity index (χ3v) is 8.42. The van der Waals surface area contributed by atoms with Crippen LogP contribution in [-0.4, -0.2) is 27.2 Å². The molecule has 152 valence electrons. The number of nitrogens with zero attached hydrogens (tertiary/aromatic N) is 1. The van der Waals surface area contributed by atoms with Gasteiger partial charge in [-0.05, 0) is 69.8 Å². The number of aromatic amines is 1. The first-order valence-electron chi connectivity index (χ1n) is 10.5. The fraction of sp³-hybridized carbons (Fsp3) is 0.667. The van der Waals surface area contributed by atoms with Gasteiger partial charge in [0.1, 0.15) is 10.7 Å². The maximum Gasteiger partial charge on any atom is 0.259 e. The van der Waals surface area contributed by atoms with E-state index in [0.29, 0.717) is 17.6 Å². The van der Waals surface area contributed by atoms with E-state index in [1.54, 1.807) is 11.3 Å². The van der Waals surface area contributed by atoms with E-state index in [1.807, 2.05) is 6.92 Å². The van der Waals surface area contributed by atoms with Crippen LogP contribution in [0, 0.1) is 5.92 Å². The van der Waals surface area contributed by atoms with Crippen LogP contribution >= 0.6 is 23.1 Å². The summed E-state index contributed by atoms with van der Waals surface area (Å²) in [6, 6.07) is 0.318. The highest BCUT2D eigenvalue weighted by molar-refractivity contribution is 7.99. The lowest BCUT2D eigenvalue weighted by atomic mass is 9.87. The van der Waals surface area contributed by atoms with Crippen molar-refractivity contribution < 1.29 is 4.79 Å². The number of aryl methyl sites for hydroxylation is 2. The zero-order valence-electron chi connectivity index (χ0n) is 16.7. The molecule has 1 atom stereocenters. The molecular weight excluding hydrogens is 390 g/mol. The molecule has 2 aromatic rings. The van der Waals surface area contributed by atoms with Crippen LogP contribution in [0.1, 0.15) is 68.6 Å². The van der Waals surface area contributed by atoms with E-state index in [2.05, 4.69) is 17.2 Å². The molecular formula is C21H29N3O2S2. The number of nitrogens with one attached hydrogen (secondary N) is 2. The van der Waals surface area contributed by atoms with Gasteiger partial charge in [-0.3, -0.25) is 9.59 Å². The first kappa shape index (κ1) is 20.0. The lowest BCUT2D eigenvalue weighted by Gasteiger charge is -2.27. The molecule has 1 unspecified atom stereocenters. The molecule has 0 bridgehead atoms. The third kappa shape index (κ3) is 4.30. The Balaban J connectivity index is 1.38. The number of rotatable bonds is 5. The molecule has 2 aliphatic carbocycles. The summed E-state index contributed by atoms with van der Waals surface area (Å²) >= 11 is 3.21. The third-order valence-electron chi connectivity index (χ3n) is 6.08. The van der Waals surface area contributed by atoms with Crippen molar-refractivity contribution in [1.82, 2.24) is 15.3 Å². The number of hydrogen-bond donors (Lipinski definition) is 2. The first-order chi connectivity index (χ1) is 13.5. The van der Waals surface area contributed by atoms with E-state index in [-0.39, 0.29) is 16.7 Å². The van der Waals surface area contributed by atoms with Crippen molar-refractivity contribution in [2.75, 3.05) is 0 Å². The predicted octanol–water partition coefficient (Wildman–Crippen LogP) is 4.18. The standard InChI is InChI=1S/C21H29N3O2S2/c1-12-7-9-14(10-8-12)22-19(25)13(2)27-11-17-23-20(26)18-15-5-3-4-6-16(15)28-21(18)24-17/h12-14H,3-11H2,1-2H3,(H,22,25)(H,23,24,26). The second-order valence-electron chi connectivity index (χ2n) is 8.32. The lowest BCUT2D eigenvalue weighted by molar-refractivity contribution is -0.121. The van der Waals surface area contributed by atoms with E-state index in [4.69, 9.17) is 4.98 Å². The molecule has 2 aliphatic rings. The van der Waals surface area contributed by atoms with Gasteiger partial charge in [-0.15, -0.1) is 23.1 Å².